The summed E-state index contributed by atoms with van der Waals surface area (Å²) in [6.07, 6.45) is -9.75. The third-order valence-electron chi connectivity index (χ3n) is 9.82. The molecule has 0 atom stereocenters. The number of aryl methyl sites for hydroxylation is 2. The summed E-state index contributed by atoms with van der Waals surface area (Å²) in [5, 5.41) is 8.05. The number of amides is 5. The third kappa shape index (κ3) is 13.1. The first-order valence-electron chi connectivity index (χ1n) is 20.1. The molecule has 0 bridgehead atoms. The number of pyridine rings is 2. The number of carbonyl (C=O) groups is 4. The Bertz CT molecular complexity index is 2420. The van der Waals surface area contributed by atoms with Crippen LogP contribution in [0.1, 0.15) is 38.8 Å². The van der Waals surface area contributed by atoms with Gasteiger partial charge in [-0.15, -0.1) is 10.2 Å². The van der Waals surface area contributed by atoms with Gasteiger partial charge in [-0.25, -0.2) is 19.6 Å². The molecule has 344 valence electrons. The molecular weight excluding hydrogens is 869 g/mol. The minimum atomic E-state index is -5.05. The van der Waals surface area contributed by atoms with Gasteiger partial charge in [-0.3, -0.25) is 19.4 Å². The number of hydrogen-bond donors (Lipinski definition) is 1. The number of urea groups is 2. The maximum absolute atomic E-state index is 13.2. The standard InChI is InChI=1S/C22H23F3N4O4.C21H20F3N5O3/c1-15-3-2-4-19(27-15)29(21(32)28-9-11-33-12-10-28)14-16-5-7-17(8-6-16)18(30)13-26-20(31)22(23,24)25;1-14-3-2-4-17(25-14)29(20(30)28-9-11-31-12-10-28)13-15-5-7-16(8-6-15)18-26-27-19(32-18)21(22,23)24/h2-8H,9-14H2,1H3,(H,26,31);2-8H,9-13H2,1H3. The molecule has 0 saturated carbocycles. The number of morpholine rings is 2. The van der Waals surface area contributed by atoms with E-state index in [-0.39, 0.29) is 36.6 Å². The first-order chi connectivity index (χ1) is 31.0. The van der Waals surface area contributed by atoms with E-state index in [1.165, 1.54) is 17.0 Å². The second-order valence-corrected chi connectivity index (χ2v) is 14.6. The topological polar surface area (TPSA) is 176 Å². The number of anilines is 2. The molecule has 3 aromatic heterocycles. The zero-order valence-electron chi connectivity index (χ0n) is 35.1. The minimum Gasteiger partial charge on any atom is -0.413 e. The Hall–Kier alpha value is -6.94. The average molecular weight is 912 g/mol. The highest BCUT2D eigenvalue weighted by Gasteiger charge is 2.39. The highest BCUT2D eigenvalue weighted by atomic mass is 19.4. The van der Waals surface area contributed by atoms with Gasteiger partial charge >= 0.3 is 36.2 Å². The molecule has 0 unspecified atom stereocenters. The summed E-state index contributed by atoms with van der Waals surface area (Å²) in [5.41, 5.74) is 3.45. The van der Waals surface area contributed by atoms with Gasteiger partial charge in [0.15, 0.2) is 5.78 Å². The van der Waals surface area contributed by atoms with Gasteiger partial charge in [0, 0.05) is 48.7 Å². The molecule has 16 nitrogen and oxygen atoms in total. The number of nitrogens with one attached hydrogen (secondary N) is 1. The van der Waals surface area contributed by atoms with Crippen molar-refractivity contribution in [3.05, 3.63) is 119 Å². The Balaban J connectivity index is 0.000000215. The molecular formula is C43H43F6N9O7. The summed E-state index contributed by atoms with van der Waals surface area (Å²) in [7, 11) is 0. The number of aromatic nitrogens is 4. The number of Topliss-reactive ketones (excluding diaryl/α,β-unsaturated/α-hetero) is 1. The predicted octanol–water partition coefficient (Wildman–Crippen LogP) is 6.63. The van der Waals surface area contributed by atoms with E-state index in [4.69, 9.17) is 13.9 Å². The minimum absolute atomic E-state index is 0.140. The van der Waals surface area contributed by atoms with Crippen LogP contribution in [-0.2, 0) is 33.5 Å². The first kappa shape index (κ1) is 47.5. The molecule has 2 aliphatic rings. The van der Waals surface area contributed by atoms with E-state index in [0.29, 0.717) is 75.4 Å². The van der Waals surface area contributed by atoms with Crippen molar-refractivity contribution in [2.45, 2.75) is 39.3 Å². The van der Waals surface area contributed by atoms with Crippen LogP contribution in [0.15, 0.2) is 89.3 Å². The fourth-order valence-corrected chi connectivity index (χ4v) is 6.43. The van der Waals surface area contributed by atoms with E-state index in [9.17, 15) is 45.5 Å². The molecule has 22 heteroatoms. The van der Waals surface area contributed by atoms with Crippen LogP contribution in [0.25, 0.3) is 11.5 Å². The third-order valence-corrected chi connectivity index (χ3v) is 9.82. The Morgan fingerprint density at radius 3 is 1.52 bits per heavy atom. The van der Waals surface area contributed by atoms with E-state index >= 15 is 0 Å². The summed E-state index contributed by atoms with van der Waals surface area (Å²) < 4.78 is 90.2. The van der Waals surface area contributed by atoms with Crippen LogP contribution in [0, 0.1) is 13.8 Å². The van der Waals surface area contributed by atoms with Crippen molar-refractivity contribution in [2.24, 2.45) is 0 Å². The number of ketones is 1. The molecule has 2 aliphatic heterocycles. The Morgan fingerprint density at radius 1 is 0.646 bits per heavy atom. The Kier molecular flexibility index (Phi) is 15.5. The van der Waals surface area contributed by atoms with Crippen molar-refractivity contribution in [1.29, 1.82) is 0 Å². The summed E-state index contributed by atoms with van der Waals surface area (Å²) in [6, 6.07) is 23.0. The van der Waals surface area contributed by atoms with Gasteiger partial charge in [0.2, 0.25) is 5.89 Å². The molecule has 0 spiro atoms. The van der Waals surface area contributed by atoms with Crippen LogP contribution >= 0.6 is 0 Å². The first-order valence-corrected chi connectivity index (χ1v) is 20.1. The number of hydrogen-bond acceptors (Lipinski definition) is 11. The lowest BCUT2D eigenvalue weighted by molar-refractivity contribution is -0.173. The molecule has 2 fully saturated rings. The van der Waals surface area contributed by atoms with Gasteiger partial charge in [-0.2, -0.15) is 26.3 Å². The molecule has 0 radical (unpaired) electrons. The number of nitrogens with zero attached hydrogens (tertiary/aromatic N) is 8. The van der Waals surface area contributed by atoms with Gasteiger partial charge in [-0.1, -0.05) is 48.5 Å². The van der Waals surface area contributed by atoms with Crippen molar-refractivity contribution >= 4 is 35.4 Å². The molecule has 5 heterocycles. The molecule has 5 aromatic rings. The maximum atomic E-state index is 13.2. The van der Waals surface area contributed by atoms with E-state index in [2.05, 4.69) is 20.2 Å². The Morgan fingerprint density at radius 2 is 1.11 bits per heavy atom. The molecule has 1 N–H and O–H groups in total. The van der Waals surface area contributed by atoms with Crippen molar-refractivity contribution in [3.8, 4) is 11.5 Å². The normalized spacial score (nSPS) is 14.2. The second-order valence-electron chi connectivity index (χ2n) is 14.6. The second kappa shape index (κ2) is 21.2. The van der Waals surface area contributed by atoms with Crippen LogP contribution in [0.5, 0.6) is 0 Å². The summed E-state index contributed by atoms with van der Waals surface area (Å²) in [5.74, 6) is -3.48. The SMILES string of the molecule is Cc1cccc(N(Cc2ccc(-c3nnc(C(F)(F)F)o3)cc2)C(=O)N2CCOCC2)n1.Cc1cccc(N(Cc2ccc(C(=O)CNC(=O)C(F)(F)F)cc2)C(=O)N2CCOCC2)n1. The highest BCUT2D eigenvalue weighted by Crippen LogP contribution is 2.31. The monoisotopic (exact) mass is 911 g/mol. The lowest BCUT2D eigenvalue weighted by atomic mass is 10.1. The van der Waals surface area contributed by atoms with Crippen molar-refractivity contribution in [1.82, 2.24) is 35.3 Å². The van der Waals surface area contributed by atoms with Crippen LogP contribution in [0.4, 0.5) is 47.6 Å². The van der Waals surface area contributed by atoms with Crippen molar-refractivity contribution in [3.63, 3.8) is 0 Å². The summed E-state index contributed by atoms with van der Waals surface area (Å²) in [4.78, 5) is 64.8. The lowest BCUT2D eigenvalue weighted by Crippen LogP contribution is -2.48. The summed E-state index contributed by atoms with van der Waals surface area (Å²) in [6.45, 7) is 7.01. The molecule has 2 saturated heterocycles. The van der Waals surface area contributed by atoms with Gasteiger partial charge in [0.25, 0.3) is 0 Å². The molecule has 5 amide bonds. The fraction of sp³-hybridized carbons (Fsp3) is 0.349. The van der Waals surface area contributed by atoms with Gasteiger partial charge in [0.1, 0.15) is 11.6 Å². The van der Waals surface area contributed by atoms with Crippen LogP contribution in [0.3, 0.4) is 0 Å². The van der Waals surface area contributed by atoms with Gasteiger partial charge in [-0.05, 0) is 61.4 Å². The number of alkyl halides is 6. The van der Waals surface area contributed by atoms with Crippen molar-refractivity contribution < 1.29 is 59.4 Å². The number of benzene rings is 2. The van der Waals surface area contributed by atoms with Crippen LogP contribution in [0.2, 0.25) is 0 Å². The smallest absolute Gasteiger partial charge is 0.413 e. The number of ether oxygens (including phenoxy) is 2. The highest BCUT2D eigenvalue weighted by molar-refractivity contribution is 6.00. The number of carbonyl (C=O) groups excluding carboxylic acids is 4. The van der Waals surface area contributed by atoms with E-state index < -0.39 is 36.5 Å². The number of rotatable bonds is 10. The zero-order chi connectivity index (χ0) is 46.7. The largest absolute Gasteiger partial charge is 0.471 e. The van der Waals surface area contributed by atoms with Gasteiger partial charge < -0.3 is 29.0 Å². The van der Waals surface area contributed by atoms with Gasteiger partial charge in [0.05, 0.1) is 46.1 Å². The Labute approximate surface area is 368 Å². The molecule has 7 rings (SSSR count). The van der Waals surface area contributed by atoms with E-state index in [0.717, 1.165) is 17.0 Å². The van der Waals surface area contributed by atoms with E-state index in [1.807, 2.05) is 32.0 Å². The summed E-state index contributed by atoms with van der Waals surface area (Å²) >= 11 is 0. The number of halogens is 6. The lowest BCUT2D eigenvalue weighted by Gasteiger charge is -2.32. The molecule has 2 aromatic carbocycles. The quantitative estimate of drug-likeness (QED) is 0.118. The fourth-order valence-electron chi connectivity index (χ4n) is 6.43. The average Bonchev–Trinajstić information content (AvgIpc) is 3.81. The zero-order valence-corrected chi connectivity index (χ0v) is 35.1. The maximum Gasteiger partial charge on any atom is 0.471 e. The predicted molar refractivity (Wildman–Crippen MR) is 220 cm³/mol. The molecule has 65 heavy (non-hydrogen) atoms. The molecule has 0 aliphatic carbocycles. The van der Waals surface area contributed by atoms with Crippen LogP contribution < -0.4 is 15.1 Å². The van der Waals surface area contributed by atoms with Crippen LogP contribution in [-0.4, -0.2) is 119 Å². The van der Waals surface area contributed by atoms with E-state index in [1.54, 1.807) is 74.6 Å². The van der Waals surface area contributed by atoms with Crippen molar-refractivity contribution in [2.75, 3.05) is 69.0 Å².